The highest BCUT2D eigenvalue weighted by atomic mass is 16.6. The van der Waals surface area contributed by atoms with Crippen LogP contribution >= 0.6 is 0 Å². The van der Waals surface area contributed by atoms with Crippen LogP contribution in [0.25, 0.3) is 0 Å². The zero-order valence-electron chi connectivity index (χ0n) is 12.8. The molecule has 7 heteroatoms. The minimum atomic E-state index is -0.418. The van der Waals surface area contributed by atoms with Crippen molar-refractivity contribution >= 4 is 11.4 Å². The van der Waals surface area contributed by atoms with E-state index in [0.717, 1.165) is 13.1 Å². The van der Waals surface area contributed by atoms with Crippen LogP contribution in [0.15, 0.2) is 18.2 Å². The highest BCUT2D eigenvalue weighted by Crippen LogP contribution is 2.25. The summed E-state index contributed by atoms with van der Waals surface area (Å²) in [5, 5.41) is 14.1. The number of nitro groups is 1. The van der Waals surface area contributed by atoms with E-state index in [1.54, 1.807) is 13.2 Å². The number of methoxy groups -OCH3 is 1. The summed E-state index contributed by atoms with van der Waals surface area (Å²) >= 11 is 0. The minimum absolute atomic E-state index is 0.0242. The van der Waals surface area contributed by atoms with E-state index >= 15 is 0 Å². The van der Waals surface area contributed by atoms with E-state index in [-0.39, 0.29) is 5.69 Å². The molecule has 0 atom stereocenters. The lowest BCUT2D eigenvalue weighted by atomic mass is 10.2. The van der Waals surface area contributed by atoms with Gasteiger partial charge < -0.3 is 19.7 Å². The molecule has 0 spiro atoms. The minimum Gasteiger partial charge on any atom is -0.494 e. The Morgan fingerprint density at radius 2 is 2.10 bits per heavy atom. The van der Waals surface area contributed by atoms with Crippen molar-refractivity contribution in [2.24, 2.45) is 0 Å². The molecule has 0 bridgehead atoms. The fraction of sp³-hybridized carbons (Fsp3) is 0.571. The quantitative estimate of drug-likeness (QED) is 0.525. The molecule has 0 saturated heterocycles. The molecular weight excluding hydrogens is 274 g/mol. The van der Waals surface area contributed by atoms with Gasteiger partial charge in [0.15, 0.2) is 0 Å². The monoisotopic (exact) mass is 297 g/mol. The lowest BCUT2D eigenvalue weighted by Gasteiger charge is -2.17. The Morgan fingerprint density at radius 1 is 1.33 bits per heavy atom. The Labute approximate surface area is 125 Å². The summed E-state index contributed by atoms with van der Waals surface area (Å²) in [6, 6.07) is 4.71. The SMILES string of the molecule is CCOc1cc(NCCN(C)CCOC)cc([N+](=O)[O-])c1. The van der Waals surface area contributed by atoms with Crippen LogP contribution < -0.4 is 10.1 Å². The Morgan fingerprint density at radius 3 is 2.71 bits per heavy atom. The van der Waals surface area contributed by atoms with E-state index in [1.165, 1.54) is 12.1 Å². The van der Waals surface area contributed by atoms with E-state index < -0.39 is 4.92 Å². The van der Waals surface area contributed by atoms with Crippen LogP contribution in [0.2, 0.25) is 0 Å². The molecule has 1 aromatic carbocycles. The Hall–Kier alpha value is -1.86. The maximum Gasteiger partial charge on any atom is 0.275 e. The molecule has 7 nitrogen and oxygen atoms in total. The zero-order valence-corrected chi connectivity index (χ0v) is 12.8. The Kier molecular flexibility index (Phi) is 7.49. The normalized spacial score (nSPS) is 10.7. The first kappa shape index (κ1) is 17.2. The van der Waals surface area contributed by atoms with Crippen molar-refractivity contribution in [1.29, 1.82) is 0 Å². The summed E-state index contributed by atoms with van der Waals surface area (Å²) in [7, 11) is 3.67. The van der Waals surface area contributed by atoms with E-state index in [1.807, 2.05) is 14.0 Å². The largest absolute Gasteiger partial charge is 0.494 e. The Bertz CT molecular complexity index is 454. The summed E-state index contributed by atoms with van der Waals surface area (Å²) in [5.74, 6) is 0.502. The average Bonchev–Trinajstić information content (AvgIpc) is 2.45. The fourth-order valence-electron chi connectivity index (χ4n) is 1.79. The second kappa shape index (κ2) is 9.15. The third kappa shape index (κ3) is 6.42. The summed E-state index contributed by atoms with van der Waals surface area (Å²) in [6.45, 7) is 5.35. The summed E-state index contributed by atoms with van der Waals surface area (Å²) in [4.78, 5) is 12.6. The predicted molar refractivity (Wildman–Crippen MR) is 82.1 cm³/mol. The van der Waals surface area contributed by atoms with Crippen molar-refractivity contribution in [3.8, 4) is 5.75 Å². The molecule has 0 fully saturated rings. The van der Waals surface area contributed by atoms with Crippen LogP contribution in [0.4, 0.5) is 11.4 Å². The lowest BCUT2D eigenvalue weighted by Crippen LogP contribution is -2.28. The molecular formula is C14H23N3O4. The first-order valence-corrected chi connectivity index (χ1v) is 6.90. The first-order chi connectivity index (χ1) is 10.1. The van der Waals surface area contributed by atoms with Gasteiger partial charge in [-0.3, -0.25) is 10.1 Å². The lowest BCUT2D eigenvalue weighted by molar-refractivity contribution is -0.384. The van der Waals surface area contributed by atoms with E-state index in [9.17, 15) is 10.1 Å². The molecule has 0 radical (unpaired) electrons. The summed E-state index contributed by atoms with van der Waals surface area (Å²) in [5.41, 5.74) is 0.712. The van der Waals surface area contributed by atoms with Gasteiger partial charge in [0, 0.05) is 44.6 Å². The molecule has 1 rings (SSSR count). The van der Waals surface area contributed by atoms with Crippen LogP contribution in [0, 0.1) is 10.1 Å². The van der Waals surface area contributed by atoms with Crippen molar-refractivity contribution in [3.05, 3.63) is 28.3 Å². The fourth-order valence-corrected chi connectivity index (χ4v) is 1.79. The van der Waals surface area contributed by atoms with Gasteiger partial charge in [0.25, 0.3) is 5.69 Å². The molecule has 0 aliphatic rings. The zero-order chi connectivity index (χ0) is 15.7. The van der Waals surface area contributed by atoms with Gasteiger partial charge in [-0.1, -0.05) is 0 Å². The highest BCUT2D eigenvalue weighted by Gasteiger charge is 2.10. The molecule has 0 unspecified atom stereocenters. The van der Waals surface area contributed by atoms with E-state index in [2.05, 4.69) is 10.2 Å². The molecule has 1 N–H and O–H groups in total. The van der Waals surface area contributed by atoms with Crippen molar-refractivity contribution in [2.45, 2.75) is 6.92 Å². The standard InChI is InChI=1S/C14H23N3O4/c1-4-21-14-10-12(9-13(11-14)17(18)19)15-5-6-16(2)7-8-20-3/h9-11,15H,4-8H2,1-3H3. The first-order valence-electron chi connectivity index (χ1n) is 6.90. The molecule has 0 amide bonds. The molecule has 118 valence electrons. The Balaban J connectivity index is 2.59. The van der Waals surface area contributed by atoms with Crippen molar-refractivity contribution < 1.29 is 14.4 Å². The van der Waals surface area contributed by atoms with Crippen molar-refractivity contribution in [3.63, 3.8) is 0 Å². The van der Waals surface area contributed by atoms with Crippen LogP contribution in [0.1, 0.15) is 6.92 Å². The van der Waals surface area contributed by atoms with Gasteiger partial charge in [0.1, 0.15) is 5.75 Å². The highest BCUT2D eigenvalue weighted by molar-refractivity contribution is 5.56. The number of anilines is 1. The van der Waals surface area contributed by atoms with Gasteiger partial charge in [-0.05, 0) is 14.0 Å². The average molecular weight is 297 g/mol. The van der Waals surface area contributed by atoms with Crippen LogP contribution in [0.3, 0.4) is 0 Å². The smallest absolute Gasteiger partial charge is 0.275 e. The second-order valence-corrected chi connectivity index (χ2v) is 4.63. The third-order valence-electron chi connectivity index (χ3n) is 2.91. The van der Waals surface area contributed by atoms with Crippen LogP contribution in [-0.2, 0) is 4.74 Å². The number of non-ortho nitro benzene ring substituents is 1. The van der Waals surface area contributed by atoms with Gasteiger partial charge in [-0.2, -0.15) is 0 Å². The number of hydrogen-bond donors (Lipinski definition) is 1. The predicted octanol–water partition coefficient (Wildman–Crippen LogP) is 1.98. The molecule has 0 aliphatic heterocycles. The summed E-state index contributed by atoms with van der Waals surface area (Å²) in [6.07, 6.45) is 0. The van der Waals surface area contributed by atoms with E-state index in [4.69, 9.17) is 9.47 Å². The van der Waals surface area contributed by atoms with E-state index in [0.29, 0.717) is 31.2 Å². The van der Waals surface area contributed by atoms with Crippen LogP contribution in [-0.4, -0.2) is 56.8 Å². The number of rotatable bonds is 10. The van der Waals surface area contributed by atoms with Gasteiger partial charge in [0.05, 0.1) is 24.2 Å². The molecule has 1 aromatic rings. The molecule has 0 aliphatic carbocycles. The maximum atomic E-state index is 10.9. The molecule has 21 heavy (non-hydrogen) atoms. The van der Waals surface area contributed by atoms with Crippen LogP contribution in [0.5, 0.6) is 5.75 Å². The second-order valence-electron chi connectivity index (χ2n) is 4.63. The van der Waals surface area contributed by atoms with Gasteiger partial charge >= 0.3 is 0 Å². The number of hydrogen-bond acceptors (Lipinski definition) is 6. The van der Waals surface area contributed by atoms with Crippen molar-refractivity contribution in [2.75, 3.05) is 52.3 Å². The number of nitrogens with one attached hydrogen (secondary N) is 1. The number of nitrogens with zero attached hydrogens (tertiary/aromatic N) is 2. The number of benzene rings is 1. The molecule has 0 saturated carbocycles. The maximum absolute atomic E-state index is 10.9. The number of nitro benzene ring substituents is 1. The van der Waals surface area contributed by atoms with Gasteiger partial charge in [0.2, 0.25) is 0 Å². The summed E-state index contributed by atoms with van der Waals surface area (Å²) < 4.78 is 10.4. The van der Waals surface area contributed by atoms with Gasteiger partial charge in [-0.15, -0.1) is 0 Å². The topological polar surface area (TPSA) is 76.9 Å². The molecule has 0 heterocycles. The molecule has 0 aromatic heterocycles. The van der Waals surface area contributed by atoms with Gasteiger partial charge in [-0.25, -0.2) is 0 Å². The third-order valence-corrected chi connectivity index (χ3v) is 2.91. The number of ether oxygens (including phenoxy) is 2. The van der Waals surface area contributed by atoms with Crippen molar-refractivity contribution in [1.82, 2.24) is 4.90 Å². The number of likely N-dealkylation sites (N-methyl/N-ethyl adjacent to an activating group) is 1.